The summed E-state index contributed by atoms with van der Waals surface area (Å²) in [5.74, 6) is 0.149. The van der Waals surface area contributed by atoms with E-state index in [1.54, 1.807) is 0 Å². The van der Waals surface area contributed by atoms with E-state index in [2.05, 4.69) is 37.9 Å². The first-order valence-electron chi connectivity index (χ1n) is 8.30. The van der Waals surface area contributed by atoms with Crippen LogP contribution in [0, 0.1) is 5.41 Å². The number of rotatable bonds is 12. The second-order valence-corrected chi connectivity index (χ2v) is 5.67. The highest BCUT2D eigenvalue weighted by Crippen LogP contribution is 2.28. The molecule has 0 aromatic rings. The molecule has 1 amide bonds. The Bertz CT molecular complexity index is 250. The van der Waals surface area contributed by atoms with Crippen LogP contribution in [-0.2, 0) is 4.79 Å². The van der Waals surface area contributed by atoms with Gasteiger partial charge < -0.3 is 16.0 Å². The molecule has 120 valence electrons. The molecule has 0 heterocycles. The Kier molecular flexibility index (Phi) is 10.8. The summed E-state index contributed by atoms with van der Waals surface area (Å²) in [4.78, 5) is 14.9. The third kappa shape index (κ3) is 6.23. The van der Waals surface area contributed by atoms with Crippen molar-refractivity contribution >= 4 is 5.91 Å². The third-order valence-electron chi connectivity index (χ3n) is 4.03. The van der Waals surface area contributed by atoms with Gasteiger partial charge in [0.1, 0.15) is 0 Å². The van der Waals surface area contributed by atoms with Gasteiger partial charge >= 0.3 is 0 Å². The van der Waals surface area contributed by atoms with Gasteiger partial charge in [0.25, 0.3) is 0 Å². The maximum absolute atomic E-state index is 12.5. The molecule has 0 spiro atoms. The minimum atomic E-state index is -0.356. The van der Waals surface area contributed by atoms with Gasteiger partial charge in [0.2, 0.25) is 5.91 Å². The molecule has 0 bridgehead atoms. The van der Waals surface area contributed by atoms with Gasteiger partial charge in [-0.05, 0) is 32.4 Å². The van der Waals surface area contributed by atoms with E-state index >= 15 is 0 Å². The Balaban J connectivity index is 4.38. The fraction of sp³-hybridized carbons (Fsp3) is 0.938. The molecule has 4 nitrogen and oxygen atoms in total. The second-order valence-electron chi connectivity index (χ2n) is 5.67. The van der Waals surface area contributed by atoms with Crippen LogP contribution in [0.5, 0.6) is 0 Å². The van der Waals surface area contributed by atoms with Gasteiger partial charge in [-0.15, -0.1) is 0 Å². The lowest BCUT2D eigenvalue weighted by atomic mass is 9.78. The van der Waals surface area contributed by atoms with Gasteiger partial charge in [-0.3, -0.25) is 4.79 Å². The van der Waals surface area contributed by atoms with Gasteiger partial charge in [-0.1, -0.05) is 40.5 Å². The zero-order valence-electron chi connectivity index (χ0n) is 14.0. The van der Waals surface area contributed by atoms with Crippen molar-refractivity contribution in [1.29, 1.82) is 0 Å². The van der Waals surface area contributed by atoms with Crippen molar-refractivity contribution in [2.75, 3.05) is 32.7 Å². The molecular formula is C16H35N3O. The number of nitrogens with zero attached hydrogens (tertiary/aromatic N) is 1. The summed E-state index contributed by atoms with van der Waals surface area (Å²) in [7, 11) is 0. The van der Waals surface area contributed by atoms with Gasteiger partial charge in [0, 0.05) is 19.6 Å². The minimum absolute atomic E-state index is 0.149. The number of hydrogen-bond donors (Lipinski definition) is 2. The van der Waals surface area contributed by atoms with Crippen LogP contribution in [0.3, 0.4) is 0 Å². The first-order valence-corrected chi connectivity index (χ1v) is 8.30. The molecule has 0 aromatic carbocycles. The number of amides is 1. The summed E-state index contributed by atoms with van der Waals surface area (Å²) in [6.45, 7) is 12.8. The van der Waals surface area contributed by atoms with Crippen molar-refractivity contribution in [3.05, 3.63) is 0 Å². The lowest BCUT2D eigenvalue weighted by Gasteiger charge is -2.31. The van der Waals surface area contributed by atoms with Crippen molar-refractivity contribution in [3.63, 3.8) is 0 Å². The van der Waals surface area contributed by atoms with Crippen molar-refractivity contribution in [3.8, 4) is 0 Å². The summed E-state index contributed by atoms with van der Waals surface area (Å²) < 4.78 is 0. The number of nitrogens with one attached hydrogen (secondary N) is 1. The molecule has 0 radical (unpaired) electrons. The molecular weight excluding hydrogens is 250 g/mol. The zero-order valence-corrected chi connectivity index (χ0v) is 14.0. The maximum Gasteiger partial charge on any atom is 0.227 e. The Labute approximate surface area is 125 Å². The quantitative estimate of drug-likeness (QED) is 0.579. The predicted molar refractivity (Wildman–Crippen MR) is 86.7 cm³/mol. The van der Waals surface area contributed by atoms with Crippen LogP contribution < -0.4 is 11.1 Å². The molecule has 0 atom stereocenters. The van der Waals surface area contributed by atoms with E-state index in [1.165, 1.54) is 0 Å². The minimum Gasteiger partial charge on any atom is -0.354 e. The summed E-state index contributed by atoms with van der Waals surface area (Å²) in [6, 6.07) is 0. The third-order valence-corrected chi connectivity index (χ3v) is 4.03. The number of nitrogens with two attached hydrogens (primary N) is 1. The lowest BCUT2D eigenvalue weighted by Crippen LogP contribution is -2.47. The summed E-state index contributed by atoms with van der Waals surface area (Å²) >= 11 is 0. The SMILES string of the molecule is CCCN(CC)CCNC(=O)C(CN)(CCC)CCC. The molecule has 0 rings (SSSR count). The van der Waals surface area contributed by atoms with Crippen LogP contribution in [0.2, 0.25) is 0 Å². The highest BCUT2D eigenvalue weighted by molar-refractivity contribution is 5.82. The van der Waals surface area contributed by atoms with Crippen LogP contribution in [0.1, 0.15) is 59.8 Å². The Morgan fingerprint density at radius 2 is 1.65 bits per heavy atom. The van der Waals surface area contributed by atoms with Crippen molar-refractivity contribution in [2.45, 2.75) is 59.8 Å². The molecule has 0 aliphatic carbocycles. The van der Waals surface area contributed by atoms with E-state index in [9.17, 15) is 4.79 Å². The Morgan fingerprint density at radius 1 is 1.05 bits per heavy atom. The van der Waals surface area contributed by atoms with Gasteiger partial charge in [-0.25, -0.2) is 0 Å². The average molecular weight is 285 g/mol. The molecule has 0 fully saturated rings. The number of carbonyl (C=O) groups is 1. The molecule has 0 saturated heterocycles. The topological polar surface area (TPSA) is 58.4 Å². The Hall–Kier alpha value is -0.610. The molecule has 0 aliphatic rings. The molecule has 0 saturated carbocycles. The summed E-state index contributed by atoms with van der Waals surface area (Å²) in [5.41, 5.74) is 5.56. The van der Waals surface area contributed by atoms with E-state index < -0.39 is 0 Å². The van der Waals surface area contributed by atoms with E-state index in [4.69, 9.17) is 5.73 Å². The van der Waals surface area contributed by atoms with Crippen molar-refractivity contribution in [1.82, 2.24) is 10.2 Å². The monoisotopic (exact) mass is 285 g/mol. The van der Waals surface area contributed by atoms with Crippen LogP contribution in [0.4, 0.5) is 0 Å². The molecule has 0 unspecified atom stereocenters. The van der Waals surface area contributed by atoms with Crippen molar-refractivity contribution < 1.29 is 4.79 Å². The standard InChI is InChI=1S/C16H35N3O/c1-5-9-16(14-17,10-6-2)15(20)18-11-13-19(8-4)12-7-3/h5-14,17H2,1-4H3,(H,18,20). The summed E-state index contributed by atoms with van der Waals surface area (Å²) in [5, 5.41) is 3.11. The van der Waals surface area contributed by atoms with E-state index in [0.717, 1.165) is 58.3 Å². The van der Waals surface area contributed by atoms with E-state index in [-0.39, 0.29) is 11.3 Å². The smallest absolute Gasteiger partial charge is 0.227 e. The molecule has 4 heteroatoms. The summed E-state index contributed by atoms with van der Waals surface area (Å²) in [6.07, 6.45) is 4.93. The molecule has 0 aliphatic heterocycles. The normalized spacial score (nSPS) is 11.9. The van der Waals surface area contributed by atoms with Gasteiger partial charge in [-0.2, -0.15) is 0 Å². The van der Waals surface area contributed by atoms with Crippen LogP contribution in [0.15, 0.2) is 0 Å². The average Bonchev–Trinajstić information content (AvgIpc) is 2.45. The predicted octanol–water partition coefficient (Wildman–Crippen LogP) is 2.38. The largest absolute Gasteiger partial charge is 0.354 e. The van der Waals surface area contributed by atoms with Gasteiger partial charge in [0.05, 0.1) is 5.41 Å². The molecule has 20 heavy (non-hydrogen) atoms. The number of hydrogen-bond acceptors (Lipinski definition) is 3. The van der Waals surface area contributed by atoms with Gasteiger partial charge in [0.15, 0.2) is 0 Å². The van der Waals surface area contributed by atoms with Crippen LogP contribution in [-0.4, -0.2) is 43.5 Å². The van der Waals surface area contributed by atoms with Crippen LogP contribution in [0.25, 0.3) is 0 Å². The van der Waals surface area contributed by atoms with Crippen molar-refractivity contribution in [2.24, 2.45) is 11.1 Å². The van der Waals surface area contributed by atoms with Crippen LogP contribution >= 0.6 is 0 Å². The van der Waals surface area contributed by atoms with E-state index in [1.807, 2.05) is 0 Å². The van der Waals surface area contributed by atoms with E-state index in [0.29, 0.717) is 6.54 Å². The second kappa shape index (κ2) is 11.1. The Morgan fingerprint density at radius 3 is 2.05 bits per heavy atom. The fourth-order valence-corrected chi connectivity index (χ4v) is 2.87. The highest BCUT2D eigenvalue weighted by Gasteiger charge is 2.34. The number of likely N-dealkylation sites (N-methyl/N-ethyl adjacent to an activating group) is 1. The fourth-order valence-electron chi connectivity index (χ4n) is 2.87. The molecule has 3 N–H and O–H groups in total. The highest BCUT2D eigenvalue weighted by atomic mass is 16.2. The molecule has 0 aromatic heterocycles. The first kappa shape index (κ1) is 19.4. The number of carbonyl (C=O) groups excluding carboxylic acids is 1. The lowest BCUT2D eigenvalue weighted by molar-refractivity contribution is -0.131. The first-order chi connectivity index (χ1) is 9.60. The maximum atomic E-state index is 12.5. The zero-order chi connectivity index (χ0) is 15.4.